The summed E-state index contributed by atoms with van der Waals surface area (Å²) in [5, 5.41) is 9.12. The number of carbonyl (C=O) groups excluding carboxylic acids is 1. The van der Waals surface area contributed by atoms with Crippen LogP contribution in [0.5, 0.6) is 0 Å². The molecule has 20 heavy (non-hydrogen) atoms. The minimum absolute atomic E-state index is 0.189. The number of carboxylic acid groups (broad SMARTS) is 1. The van der Waals surface area contributed by atoms with Crippen LogP contribution >= 0.6 is 0 Å². The fourth-order valence-electron chi connectivity index (χ4n) is 2.55. The van der Waals surface area contributed by atoms with Crippen molar-refractivity contribution in [1.29, 1.82) is 0 Å². The van der Waals surface area contributed by atoms with E-state index in [0.29, 0.717) is 18.5 Å². The van der Waals surface area contributed by atoms with Crippen LogP contribution in [0.4, 0.5) is 0 Å². The molecule has 0 aromatic heterocycles. The van der Waals surface area contributed by atoms with Gasteiger partial charge < -0.3 is 14.9 Å². The van der Waals surface area contributed by atoms with Gasteiger partial charge in [0.05, 0.1) is 0 Å². The normalized spacial score (nSPS) is 18.6. The van der Waals surface area contributed by atoms with Crippen LogP contribution in [-0.4, -0.2) is 53.5 Å². The van der Waals surface area contributed by atoms with Gasteiger partial charge in [0, 0.05) is 18.7 Å². The van der Waals surface area contributed by atoms with E-state index in [1.807, 2.05) is 26.2 Å². The Morgan fingerprint density at radius 2 is 1.95 bits per heavy atom. The Morgan fingerprint density at radius 1 is 1.30 bits per heavy atom. The standard InChI is InChI=1S/C15H20N2O3/c1-16(2)10-11-5-7-12(8-6-11)14(18)17-9-3-4-13(17)15(19)20/h5-8,13H,3-4,9-10H2,1-2H3,(H,19,20). The summed E-state index contributed by atoms with van der Waals surface area (Å²) in [5.74, 6) is -1.11. The Hall–Kier alpha value is -1.88. The second-order valence-corrected chi connectivity index (χ2v) is 5.43. The van der Waals surface area contributed by atoms with Crippen LogP contribution < -0.4 is 0 Å². The maximum atomic E-state index is 12.3. The molecule has 1 heterocycles. The number of benzene rings is 1. The maximum Gasteiger partial charge on any atom is 0.326 e. The molecule has 0 saturated carbocycles. The highest BCUT2D eigenvalue weighted by Gasteiger charge is 2.34. The number of hydrogen-bond donors (Lipinski definition) is 1. The molecule has 1 fully saturated rings. The highest BCUT2D eigenvalue weighted by atomic mass is 16.4. The lowest BCUT2D eigenvalue weighted by molar-refractivity contribution is -0.141. The quantitative estimate of drug-likeness (QED) is 0.904. The Kier molecular flexibility index (Phi) is 4.39. The predicted octanol–water partition coefficient (Wildman–Crippen LogP) is 1.44. The summed E-state index contributed by atoms with van der Waals surface area (Å²) >= 11 is 0. The van der Waals surface area contributed by atoms with E-state index in [1.165, 1.54) is 4.90 Å². The summed E-state index contributed by atoms with van der Waals surface area (Å²) in [6, 6.07) is 6.71. The summed E-state index contributed by atoms with van der Waals surface area (Å²) in [7, 11) is 3.97. The van der Waals surface area contributed by atoms with E-state index < -0.39 is 12.0 Å². The van der Waals surface area contributed by atoms with Crippen molar-refractivity contribution in [3.63, 3.8) is 0 Å². The number of aliphatic carboxylic acids is 1. The third kappa shape index (κ3) is 3.17. The van der Waals surface area contributed by atoms with Crippen molar-refractivity contribution in [2.24, 2.45) is 0 Å². The van der Waals surface area contributed by atoms with Gasteiger partial charge in [-0.1, -0.05) is 12.1 Å². The van der Waals surface area contributed by atoms with E-state index in [9.17, 15) is 9.59 Å². The predicted molar refractivity (Wildman–Crippen MR) is 75.5 cm³/mol. The summed E-state index contributed by atoms with van der Waals surface area (Å²) in [6.07, 6.45) is 1.29. The first-order valence-corrected chi connectivity index (χ1v) is 6.76. The van der Waals surface area contributed by atoms with Crippen molar-refractivity contribution >= 4 is 11.9 Å². The van der Waals surface area contributed by atoms with Gasteiger partial charge in [0.25, 0.3) is 5.91 Å². The van der Waals surface area contributed by atoms with E-state index in [-0.39, 0.29) is 5.91 Å². The molecule has 5 heteroatoms. The molecule has 1 aliphatic heterocycles. The molecule has 1 unspecified atom stereocenters. The van der Waals surface area contributed by atoms with Crippen molar-refractivity contribution in [3.8, 4) is 0 Å². The van der Waals surface area contributed by atoms with Crippen molar-refractivity contribution in [3.05, 3.63) is 35.4 Å². The molecule has 0 bridgehead atoms. The van der Waals surface area contributed by atoms with Gasteiger partial charge in [-0.15, -0.1) is 0 Å². The maximum absolute atomic E-state index is 12.3. The molecule has 108 valence electrons. The lowest BCUT2D eigenvalue weighted by atomic mass is 10.1. The SMILES string of the molecule is CN(C)Cc1ccc(C(=O)N2CCCC2C(=O)O)cc1. The highest BCUT2D eigenvalue weighted by molar-refractivity contribution is 5.97. The smallest absolute Gasteiger partial charge is 0.326 e. The Morgan fingerprint density at radius 3 is 2.50 bits per heavy atom. The van der Waals surface area contributed by atoms with Crippen molar-refractivity contribution in [2.45, 2.75) is 25.4 Å². The van der Waals surface area contributed by atoms with E-state index in [2.05, 4.69) is 4.90 Å². The van der Waals surface area contributed by atoms with Crippen LogP contribution in [0.3, 0.4) is 0 Å². The third-order valence-corrected chi connectivity index (χ3v) is 3.50. The minimum atomic E-state index is -0.917. The molecule has 1 amide bonds. The Bertz CT molecular complexity index is 496. The number of carboxylic acids is 1. The monoisotopic (exact) mass is 276 g/mol. The van der Waals surface area contributed by atoms with Gasteiger partial charge in [0.15, 0.2) is 0 Å². The zero-order chi connectivity index (χ0) is 14.7. The summed E-state index contributed by atoms with van der Waals surface area (Å²) < 4.78 is 0. The van der Waals surface area contributed by atoms with Crippen molar-refractivity contribution < 1.29 is 14.7 Å². The van der Waals surface area contributed by atoms with Crippen LogP contribution in [0.25, 0.3) is 0 Å². The van der Waals surface area contributed by atoms with Gasteiger partial charge in [-0.05, 0) is 44.6 Å². The Labute approximate surface area is 118 Å². The molecule has 0 radical (unpaired) electrons. The van der Waals surface area contributed by atoms with E-state index >= 15 is 0 Å². The molecule has 1 aromatic rings. The average Bonchev–Trinajstić information content (AvgIpc) is 2.87. The molecule has 1 saturated heterocycles. The van der Waals surface area contributed by atoms with Crippen LogP contribution in [0.1, 0.15) is 28.8 Å². The van der Waals surface area contributed by atoms with Crippen LogP contribution in [0, 0.1) is 0 Å². The van der Waals surface area contributed by atoms with Crippen LogP contribution in [0.2, 0.25) is 0 Å². The van der Waals surface area contributed by atoms with E-state index in [4.69, 9.17) is 5.11 Å². The van der Waals surface area contributed by atoms with Crippen molar-refractivity contribution in [2.75, 3.05) is 20.6 Å². The fraction of sp³-hybridized carbons (Fsp3) is 0.467. The number of rotatable bonds is 4. The third-order valence-electron chi connectivity index (χ3n) is 3.50. The molecule has 0 aliphatic carbocycles. The summed E-state index contributed by atoms with van der Waals surface area (Å²) in [5.41, 5.74) is 1.68. The minimum Gasteiger partial charge on any atom is -0.480 e. The first kappa shape index (κ1) is 14.5. The summed E-state index contributed by atoms with van der Waals surface area (Å²) in [6.45, 7) is 1.34. The number of nitrogens with zero attached hydrogens (tertiary/aromatic N) is 2. The Balaban J connectivity index is 2.11. The zero-order valence-electron chi connectivity index (χ0n) is 11.9. The second kappa shape index (κ2) is 6.05. The van der Waals surface area contributed by atoms with Gasteiger partial charge in [0.2, 0.25) is 0 Å². The molecule has 1 N–H and O–H groups in total. The molecule has 1 atom stereocenters. The fourth-order valence-corrected chi connectivity index (χ4v) is 2.55. The molecule has 2 rings (SSSR count). The first-order valence-electron chi connectivity index (χ1n) is 6.76. The lowest BCUT2D eigenvalue weighted by Crippen LogP contribution is -2.40. The first-order chi connectivity index (χ1) is 9.49. The van der Waals surface area contributed by atoms with Crippen molar-refractivity contribution in [1.82, 2.24) is 9.80 Å². The number of carbonyl (C=O) groups is 2. The zero-order valence-corrected chi connectivity index (χ0v) is 11.9. The number of likely N-dealkylation sites (tertiary alicyclic amines) is 1. The van der Waals surface area contributed by atoms with Gasteiger partial charge in [0.1, 0.15) is 6.04 Å². The second-order valence-electron chi connectivity index (χ2n) is 5.43. The van der Waals surface area contributed by atoms with Gasteiger partial charge in [-0.3, -0.25) is 4.79 Å². The van der Waals surface area contributed by atoms with Crippen LogP contribution in [-0.2, 0) is 11.3 Å². The molecule has 5 nitrogen and oxygen atoms in total. The topological polar surface area (TPSA) is 60.9 Å². The van der Waals surface area contributed by atoms with E-state index in [1.54, 1.807) is 12.1 Å². The molecule has 1 aliphatic rings. The highest BCUT2D eigenvalue weighted by Crippen LogP contribution is 2.20. The molecular weight excluding hydrogens is 256 g/mol. The lowest BCUT2D eigenvalue weighted by Gasteiger charge is -2.21. The number of hydrogen-bond acceptors (Lipinski definition) is 3. The molecule has 0 spiro atoms. The van der Waals surface area contributed by atoms with Gasteiger partial charge in [-0.25, -0.2) is 4.79 Å². The van der Waals surface area contributed by atoms with Gasteiger partial charge in [-0.2, -0.15) is 0 Å². The van der Waals surface area contributed by atoms with E-state index in [0.717, 1.165) is 18.5 Å². The average molecular weight is 276 g/mol. The molecular formula is C15H20N2O3. The largest absolute Gasteiger partial charge is 0.480 e. The number of amides is 1. The summed E-state index contributed by atoms with van der Waals surface area (Å²) in [4.78, 5) is 27.0. The van der Waals surface area contributed by atoms with Gasteiger partial charge >= 0.3 is 5.97 Å². The molecule has 1 aromatic carbocycles. The van der Waals surface area contributed by atoms with Crippen LogP contribution in [0.15, 0.2) is 24.3 Å².